The Hall–Kier alpha value is -3.60. The van der Waals surface area contributed by atoms with Gasteiger partial charge >= 0.3 is 16.1 Å². The molecule has 2 fully saturated rings. The predicted molar refractivity (Wildman–Crippen MR) is 115 cm³/mol. The maximum absolute atomic E-state index is 12.7. The molecule has 1 unspecified atom stereocenters. The molecule has 2 N–H and O–H groups in total. The fraction of sp³-hybridized carbons (Fsp3) is 0.286. The summed E-state index contributed by atoms with van der Waals surface area (Å²) in [6.07, 6.45) is 1.76. The first-order chi connectivity index (χ1) is 15.3. The van der Waals surface area contributed by atoms with E-state index in [9.17, 15) is 18.0 Å². The topological polar surface area (TPSA) is 130 Å². The van der Waals surface area contributed by atoms with Crippen molar-refractivity contribution in [2.45, 2.75) is 23.8 Å². The minimum Gasteiger partial charge on any atom is -0.467 e. The number of nitrogens with one attached hydrogen (secondary N) is 2. The van der Waals surface area contributed by atoms with E-state index < -0.39 is 10.1 Å². The summed E-state index contributed by atoms with van der Waals surface area (Å²) in [5.74, 6) is 0.0559. The van der Waals surface area contributed by atoms with Gasteiger partial charge in [0.2, 0.25) is 11.9 Å². The summed E-state index contributed by atoms with van der Waals surface area (Å²) >= 11 is 0. The lowest BCUT2D eigenvalue weighted by Gasteiger charge is -2.09. The zero-order valence-electron chi connectivity index (χ0n) is 17.1. The molecule has 1 saturated heterocycles. The number of methoxy groups -OCH3 is 1. The van der Waals surface area contributed by atoms with Gasteiger partial charge in [0.05, 0.1) is 24.7 Å². The highest BCUT2D eigenvalue weighted by atomic mass is 32.2. The highest BCUT2D eigenvalue weighted by Crippen LogP contribution is 2.31. The molecule has 3 aromatic rings. The van der Waals surface area contributed by atoms with Crippen LogP contribution in [0.25, 0.3) is 11.0 Å². The first kappa shape index (κ1) is 20.3. The fourth-order valence-electron chi connectivity index (χ4n) is 3.40. The third-order valence-electron chi connectivity index (χ3n) is 5.39. The molecule has 2 aromatic carbocycles. The maximum Gasteiger partial charge on any atom is 0.339 e. The van der Waals surface area contributed by atoms with Gasteiger partial charge in [0, 0.05) is 17.7 Å². The first-order valence-corrected chi connectivity index (χ1v) is 11.4. The number of nitrogens with zero attached hydrogens (tertiary/aromatic N) is 2. The standard InChI is InChI=1S/C21H20N4O6S/c1-30-20(27)18-11-25(18)13-4-7-15(8-5-13)32(28,29)31-14-6-9-16-17(10-14)23-21(22-16)24-19(26)12-2-3-12/h4-10,12,18H,2-3,11H2,1H3,(H2,22,23,24,26). The normalized spacial score (nSPS) is 17.8. The molecule has 2 aliphatic rings. The summed E-state index contributed by atoms with van der Waals surface area (Å²) in [5, 5.41) is 2.72. The number of fused-ring (bicyclic) bond motifs is 1. The van der Waals surface area contributed by atoms with Gasteiger partial charge in [-0.25, -0.2) is 9.78 Å². The van der Waals surface area contributed by atoms with Crippen LogP contribution in [0.3, 0.4) is 0 Å². The monoisotopic (exact) mass is 456 g/mol. The zero-order valence-corrected chi connectivity index (χ0v) is 17.9. The van der Waals surface area contributed by atoms with Crippen molar-refractivity contribution >= 4 is 44.7 Å². The van der Waals surface area contributed by atoms with E-state index in [1.165, 1.54) is 31.4 Å². The summed E-state index contributed by atoms with van der Waals surface area (Å²) < 4.78 is 35.4. The lowest BCUT2D eigenvalue weighted by atomic mass is 10.3. The number of aromatic nitrogens is 2. The van der Waals surface area contributed by atoms with Crippen LogP contribution in [0.4, 0.5) is 11.6 Å². The molecule has 32 heavy (non-hydrogen) atoms. The van der Waals surface area contributed by atoms with Crippen LogP contribution in [0, 0.1) is 5.92 Å². The number of ether oxygens (including phenoxy) is 1. The van der Waals surface area contributed by atoms with Gasteiger partial charge < -0.3 is 18.8 Å². The SMILES string of the molecule is COC(=O)C1CN1c1ccc(S(=O)(=O)Oc2ccc3[nH]c(NC(=O)C4CC4)nc3c2)cc1. The average molecular weight is 456 g/mol. The molecule has 10 nitrogen and oxygen atoms in total. The van der Waals surface area contributed by atoms with Crippen LogP contribution < -0.4 is 14.4 Å². The molecule has 1 aliphatic carbocycles. The number of anilines is 2. The minimum atomic E-state index is -4.07. The molecule has 2 heterocycles. The van der Waals surface area contributed by atoms with Gasteiger partial charge in [0.15, 0.2) is 0 Å². The summed E-state index contributed by atoms with van der Waals surface area (Å²) in [7, 11) is -2.74. The minimum absolute atomic E-state index is 0.0165. The van der Waals surface area contributed by atoms with Crippen LogP contribution in [0.1, 0.15) is 12.8 Å². The van der Waals surface area contributed by atoms with Crippen LogP contribution in [0.5, 0.6) is 5.75 Å². The summed E-state index contributed by atoms with van der Waals surface area (Å²) in [4.78, 5) is 32.5. The number of carbonyl (C=O) groups excluding carboxylic acids is 2. The molecule has 0 radical (unpaired) electrons. The summed E-state index contributed by atoms with van der Waals surface area (Å²) in [6, 6.07) is 10.4. The second-order valence-corrected chi connectivity index (χ2v) is 9.30. The van der Waals surface area contributed by atoms with Crippen molar-refractivity contribution in [1.29, 1.82) is 0 Å². The van der Waals surface area contributed by atoms with Gasteiger partial charge in [-0.3, -0.25) is 10.1 Å². The van der Waals surface area contributed by atoms with E-state index in [-0.39, 0.29) is 34.5 Å². The number of benzene rings is 2. The van der Waals surface area contributed by atoms with Crippen molar-refractivity contribution in [3.63, 3.8) is 0 Å². The number of esters is 1. The Labute approximate surface area is 183 Å². The Balaban J connectivity index is 1.29. The Kier molecular flexibility index (Phi) is 4.77. The van der Waals surface area contributed by atoms with Crippen molar-refractivity contribution < 1.29 is 26.9 Å². The van der Waals surface area contributed by atoms with E-state index in [2.05, 4.69) is 15.3 Å². The zero-order chi connectivity index (χ0) is 22.5. The third kappa shape index (κ3) is 3.98. The Morgan fingerprint density at radius 3 is 2.59 bits per heavy atom. The van der Waals surface area contributed by atoms with E-state index in [1.54, 1.807) is 23.1 Å². The van der Waals surface area contributed by atoms with Crippen LogP contribution in [0.15, 0.2) is 47.4 Å². The van der Waals surface area contributed by atoms with E-state index in [0.29, 0.717) is 23.5 Å². The van der Waals surface area contributed by atoms with Gasteiger partial charge in [-0.2, -0.15) is 8.42 Å². The number of carbonyl (C=O) groups is 2. The highest BCUT2D eigenvalue weighted by molar-refractivity contribution is 7.87. The average Bonchev–Trinajstić information content (AvgIpc) is 3.69. The number of amides is 1. The van der Waals surface area contributed by atoms with Crippen molar-refractivity contribution in [1.82, 2.24) is 9.97 Å². The lowest BCUT2D eigenvalue weighted by Crippen LogP contribution is -2.14. The molecule has 0 spiro atoms. The van der Waals surface area contributed by atoms with Gasteiger partial charge in [0.25, 0.3) is 0 Å². The quantitative estimate of drug-likeness (QED) is 0.314. The molecule has 11 heteroatoms. The van der Waals surface area contributed by atoms with Crippen LogP contribution in [0.2, 0.25) is 0 Å². The number of hydrogen-bond donors (Lipinski definition) is 2. The second kappa shape index (κ2) is 7.52. The van der Waals surface area contributed by atoms with E-state index in [1.807, 2.05) is 0 Å². The predicted octanol–water partition coefficient (Wildman–Crippen LogP) is 2.04. The third-order valence-corrected chi connectivity index (χ3v) is 6.65. The van der Waals surface area contributed by atoms with Gasteiger partial charge in [0.1, 0.15) is 16.7 Å². The van der Waals surface area contributed by atoms with Crippen molar-refractivity contribution in [2.24, 2.45) is 5.92 Å². The smallest absolute Gasteiger partial charge is 0.339 e. The molecule has 0 bridgehead atoms. The van der Waals surface area contributed by atoms with Crippen LogP contribution in [-0.4, -0.2) is 50.0 Å². The first-order valence-electron chi connectivity index (χ1n) is 10.0. The van der Waals surface area contributed by atoms with Crippen LogP contribution in [-0.2, 0) is 24.4 Å². The van der Waals surface area contributed by atoms with Gasteiger partial charge in [-0.05, 0) is 49.2 Å². The second-order valence-electron chi connectivity index (χ2n) is 7.75. The molecule has 1 amide bonds. The number of aromatic amines is 1. The molecule has 1 aromatic heterocycles. The molecule has 1 atom stereocenters. The van der Waals surface area contributed by atoms with E-state index >= 15 is 0 Å². The maximum atomic E-state index is 12.7. The molecule has 1 saturated carbocycles. The van der Waals surface area contributed by atoms with E-state index in [0.717, 1.165) is 18.5 Å². The lowest BCUT2D eigenvalue weighted by molar-refractivity contribution is -0.139. The van der Waals surface area contributed by atoms with E-state index in [4.69, 9.17) is 8.92 Å². The van der Waals surface area contributed by atoms with Crippen molar-refractivity contribution in [2.75, 3.05) is 23.9 Å². The van der Waals surface area contributed by atoms with Crippen LogP contribution >= 0.6 is 0 Å². The molecular formula is C21H20N4O6S. The number of rotatable bonds is 7. The van der Waals surface area contributed by atoms with Crippen molar-refractivity contribution in [3.05, 3.63) is 42.5 Å². The number of imidazole rings is 1. The number of H-pyrrole nitrogens is 1. The highest BCUT2D eigenvalue weighted by Gasteiger charge is 2.41. The summed E-state index contributed by atoms with van der Waals surface area (Å²) in [5.41, 5.74) is 1.83. The molecule has 166 valence electrons. The number of hydrogen-bond acceptors (Lipinski definition) is 8. The molecule has 5 rings (SSSR count). The van der Waals surface area contributed by atoms with Crippen molar-refractivity contribution in [3.8, 4) is 5.75 Å². The molecular weight excluding hydrogens is 436 g/mol. The van der Waals surface area contributed by atoms with Gasteiger partial charge in [-0.1, -0.05) is 0 Å². The summed E-state index contributed by atoms with van der Waals surface area (Å²) in [6.45, 7) is 0.530. The Morgan fingerprint density at radius 1 is 1.16 bits per heavy atom. The Bertz CT molecular complexity index is 1310. The van der Waals surface area contributed by atoms with Gasteiger partial charge in [-0.15, -0.1) is 0 Å². The Morgan fingerprint density at radius 2 is 1.91 bits per heavy atom. The largest absolute Gasteiger partial charge is 0.467 e. The molecule has 1 aliphatic heterocycles. The fourth-order valence-corrected chi connectivity index (χ4v) is 4.33.